The smallest absolute Gasteiger partial charge is 0.481 e. The lowest BCUT2D eigenvalue weighted by Crippen LogP contribution is -2.43. The lowest BCUT2D eigenvalue weighted by molar-refractivity contribution is -0.137. The van der Waals surface area contributed by atoms with Crippen LogP contribution in [-0.4, -0.2) is 65.7 Å². The molecule has 0 atom stereocenters. The average molecular weight is 518 g/mol. The van der Waals surface area contributed by atoms with Crippen molar-refractivity contribution in [2.75, 3.05) is 41.0 Å². The first-order valence-electron chi connectivity index (χ1n) is 14.6. The number of hydrogen-bond acceptors (Lipinski definition) is 5. The highest BCUT2D eigenvalue weighted by molar-refractivity contribution is 6.60. The number of carbonyl (C=O) groups is 1. The van der Waals surface area contributed by atoms with Gasteiger partial charge < -0.3 is 23.3 Å². The number of carboxylic acid groups (broad SMARTS) is 1. The summed E-state index contributed by atoms with van der Waals surface area (Å²) >= 11 is 0. The van der Waals surface area contributed by atoms with Gasteiger partial charge in [0.15, 0.2) is 0 Å². The van der Waals surface area contributed by atoms with Crippen LogP contribution >= 0.6 is 0 Å². The molecule has 210 valence electrons. The number of aliphatic carboxylic acids is 1. The highest BCUT2D eigenvalue weighted by Gasteiger charge is 2.37. The van der Waals surface area contributed by atoms with Crippen molar-refractivity contribution in [1.29, 1.82) is 0 Å². The first-order chi connectivity index (χ1) is 17.0. The van der Waals surface area contributed by atoms with E-state index in [4.69, 9.17) is 18.4 Å². The zero-order chi connectivity index (χ0) is 26.0. The topological polar surface area (TPSA) is 68.2 Å². The molecule has 1 N–H and O–H groups in total. The van der Waals surface area contributed by atoms with Crippen LogP contribution in [0, 0.1) is 0 Å². The predicted octanol–water partition coefficient (Wildman–Crippen LogP) is 7.68. The molecule has 0 aromatic rings. The summed E-state index contributed by atoms with van der Waals surface area (Å²) in [4.78, 5) is 13.3. The van der Waals surface area contributed by atoms with E-state index in [0.717, 1.165) is 32.0 Å². The molecule has 0 aliphatic heterocycles. The van der Waals surface area contributed by atoms with Gasteiger partial charge in [0.2, 0.25) is 0 Å². The zero-order valence-electron chi connectivity index (χ0n) is 23.8. The SMILES string of the molecule is CCCCCCCCCCCCCCCCCCCN(CCC[Si](OC)(OC)OC)CCC(=O)O. The van der Waals surface area contributed by atoms with Crippen molar-refractivity contribution < 1.29 is 23.2 Å². The molecule has 7 heteroatoms. The van der Waals surface area contributed by atoms with Crippen LogP contribution in [0.4, 0.5) is 0 Å². The fourth-order valence-electron chi connectivity index (χ4n) is 4.72. The molecule has 0 amide bonds. The molecular weight excluding hydrogens is 458 g/mol. The third kappa shape index (κ3) is 21.3. The van der Waals surface area contributed by atoms with Crippen molar-refractivity contribution in [2.45, 2.75) is 135 Å². The molecule has 0 spiro atoms. The summed E-state index contributed by atoms with van der Waals surface area (Å²) in [5, 5.41) is 9.07. The maximum absolute atomic E-state index is 11.0. The van der Waals surface area contributed by atoms with E-state index >= 15 is 0 Å². The summed E-state index contributed by atoms with van der Waals surface area (Å²) < 4.78 is 16.5. The van der Waals surface area contributed by atoms with Gasteiger partial charge in [0.05, 0.1) is 6.42 Å². The molecular formula is C28H59NO5Si. The van der Waals surface area contributed by atoms with Crippen LogP contribution in [0.2, 0.25) is 6.04 Å². The molecule has 0 saturated carbocycles. The van der Waals surface area contributed by atoms with Gasteiger partial charge in [-0.3, -0.25) is 4.79 Å². The molecule has 6 nitrogen and oxygen atoms in total. The van der Waals surface area contributed by atoms with Crippen molar-refractivity contribution in [1.82, 2.24) is 4.90 Å². The first kappa shape index (κ1) is 34.5. The maximum atomic E-state index is 11.0. The molecule has 0 unspecified atom stereocenters. The van der Waals surface area contributed by atoms with Crippen molar-refractivity contribution in [2.24, 2.45) is 0 Å². The van der Waals surface area contributed by atoms with Crippen molar-refractivity contribution >= 4 is 14.8 Å². The van der Waals surface area contributed by atoms with Gasteiger partial charge in [0.25, 0.3) is 0 Å². The number of carboxylic acids is 1. The van der Waals surface area contributed by atoms with Gasteiger partial charge in [-0.05, 0) is 25.9 Å². The van der Waals surface area contributed by atoms with Gasteiger partial charge >= 0.3 is 14.8 Å². The Hall–Kier alpha value is -0.473. The van der Waals surface area contributed by atoms with Gasteiger partial charge in [0, 0.05) is 33.9 Å². The molecule has 0 fully saturated rings. The Kier molecular flexibility index (Phi) is 24.8. The molecule has 0 aliphatic carbocycles. The van der Waals surface area contributed by atoms with Crippen molar-refractivity contribution in [3.8, 4) is 0 Å². The van der Waals surface area contributed by atoms with E-state index in [1.54, 1.807) is 21.3 Å². The second-order valence-corrected chi connectivity index (χ2v) is 13.1. The minimum atomic E-state index is -2.55. The number of nitrogens with zero attached hydrogens (tertiary/aromatic N) is 1. The standard InChI is InChI=1S/C28H59NO5Si/c1-5-6-7-8-9-10-11-12-13-14-15-16-17-18-19-20-21-24-29(26-23-28(30)31)25-22-27-35(32-2,33-3)34-4/h5-27H2,1-4H3,(H,30,31). The van der Waals surface area contributed by atoms with Crippen LogP contribution in [0.15, 0.2) is 0 Å². The van der Waals surface area contributed by atoms with Crippen LogP contribution in [0.1, 0.15) is 129 Å². The monoisotopic (exact) mass is 517 g/mol. The van der Waals surface area contributed by atoms with Crippen LogP contribution in [0.25, 0.3) is 0 Å². The Morgan fingerprint density at radius 3 is 1.34 bits per heavy atom. The quantitative estimate of drug-likeness (QED) is 0.0847. The molecule has 0 heterocycles. The summed E-state index contributed by atoms with van der Waals surface area (Å²) in [7, 11) is 2.36. The number of unbranched alkanes of at least 4 members (excludes halogenated alkanes) is 16. The van der Waals surface area contributed by atoms with Crippen LogP contribution in [0.3, 0.4) is 0 Å². The molecule has 0 aromatic heterocycles. The number of rotatable bonds is 28. The second kappa shape index (κ2) is 25.2. The average Bonchev–Trinajstić information content (AvgIpc) is 2.86. The number of hydrogen-bond donors (Lipinski definition) is 1. The minimum absolute atomic E-state index is 0.195. The van der Waals surface area contributed by atoms with E-state index in [-0.39, 0.29) is 6.42 Å². The van der Waals surface area contributed by atoms with Gasteiger partial charge in [-0.15, -0.1) is 0 Å². The summed E-state index contributed by atoms with van der Waals surface area (Å²) in [6.07, 6.45) is 24.4. The van der Waals surface area contributed by atoms with Crippen LogP contribution in [0.5, 0.6) is 0 Å². The Morgan fingerprint density at radius 1 is 0.600 bits per heavy atom. The van der Waals surface area contributed by atoms with Crippen molar-refractivity contribution in [3.05, 3.63) is 0 Å². The van der Waals surface area contributed by atoms with E-state index in [1.807, 2.05) is 0 Å². The highest BCUT2D eigenvalue weighted by atomic mass is 28.4. The van der Waals surface area contributed by atoms with Gasteiger partial charge in [-0.2, -0.15) is 0 Å². The van der Waals surface area contributed by atoms with E-state index in [9.17, 15) is 4.79 Å². The lowest BCUT2D eigenvalue weighted by atomic mass is 10.0. The van der Waals surface area contributed by atoms with Crippen LogP contribution < -0.4 is 0 Å². The van der Waals surface area contributed by atoms with E-state index in [2.05, 4.69) is 11.8 Å². The molecule has 0 aliphatic rings. The summed E-state index contributed by atoms with van der Waals surface area (Å²) in [6.45, 7) is 4.71. The largest absolute Gasteiger partial charge is 0.500 e. The molecule has 0 aromatic carbocycles. The maximum Gasteiger partial charge on any atom is 0.500 e. The normalized spacial score (nSPS) is 12.0. The molecule has 0 bridgehead atoms. The van der Waals surface area contributed by atoms with Crippen LogP contribution in [-0.2, 0) is 18.1 Å². The van der Waals surface area contributed by atoms with Gasteiger partial charge in [-0.1, -0.05) is 110 Å². The summed E-state index contributed by atoms with van der Waals surface area (Å²) in [5.41, 5.74) is 0. The predicted molar refractivity (Wildman–Crippen MR) is 149 cm³/mol. The molecule has 0 radical (unpaired) electrons. The highest BCUT2D eigenvalue weighted by Crippen LogP contribution is 2.17. The third-order valence-electron chi connectivity index (χ3n) is 7.11. The third-order valence-corrected chi connectivity index (χ3v) is 9.94. The minimum Gasteiger partial charge on any atom is -0.481 e. The van der Waals surface area contributed by atoms with Gasteiger partial charge in [-0.25, -0.2) is 0 Å². The Bertz CT molecular complexity index is 454. The van der Waals surface area contributed by atoms with E-state index in [0.29, 0.717) is 6.54 Å². The van der Waals surface area contributed by atoms with E-state index in [1.165, 1.54) is 103 Å². The summed E-state index contributed by atoms with van der Waals surface area (Å²) in [5.74, 6) is -0.730. The Labute approximate surface area is 218 Å². The molecule has 35 heavy (non-hydrogen) atoms. The Morgan fingerprint density at radius 2 is 0.971 bits per heavy atom. The lowest BCUT2D eigenvalue weighted by Gasteiger charge is -2.26. The Balaban J connectivity index is 3.72. The van der Waals surface area contributed by atoms with Crippen molar-refractivity contribution in [3.63, 3.8) is 0 Å². The zero-order valence-corrected chi connectivity index (χ0v) is 24.8. The second-order valence-electron chi connectivity index (χ2n) is 10.0. The van der Waals surface area contributed by atoms with Gasteiger partial charge in [0.1, 0.15) is 0 Å². The molecule has 0 saturated heterocycles. The molecule has 0 rings (SSSR count). The first-order valence-corrected chi connectivity index (χ1v) is 16.6. The summed E-state index contributed by atoms with van der Waals surface area (Å²) in [6, 6.07) is 0.749. The fraction of sp³-hybridized carbons (Fsp3) is 0.964. The van der Waals surface area contributed by atoms with E-state index < -0.39 is 14.8 Å². The fourth-order valence-corrected chi connectivity index (χ4v) is 6.43.